The molecule has 0 aromatic heterocycles. The van der Waals surface area contributed by atoms with E-state index in [4.69, 9.17) is 4.74 Å². The third-order valence-electron chi connectivity index (χ3n) is 3.38. The Morgan fingerprint density at radius 1 is 1.32 bits per heavy atom. The second kappa shape index (κ2) is 9.01. The van der Waals surface area contributed by atoms with E-state index in [-0.39, 0.29) is 11.7 Å². The number of aliphatic imine (C=N–C) groups is 1. The molecule has 0 aliphatic rings. The van der Waals surface area contributed by atoms with E-state index in [0.29, 0.717) is 27.9 Å². The highest BCUT2D eigenvalue weighted by atomic mass is 79.9. The number of hydrogen-bond acceptors (Lipinski definition) is 4. The summed E-state index contributed by atoms with van der Waals surface area (Å²) >= 11 is 6.82. The van der Waals surface area contributed by atoms with Gasteiger partial charge in [0, 0.05) is 27.3 Å². The summed E-state index contributed by atoms with van der Waals surface area (Å²) < 4.78 is 6.57. The molecule has 0 atom stereocenters. The van der Waals surface area contributed by atoms with Crippen LogP contribution in [-0.2, 0) is 4.79 Å². The molecule has 2 aromatic carbocycles. The van der Waals surface area contributed by atoms with Crippen molar-refractivity contribution in [1.29, 1.82) is 0 Å². The molecule has 0 aliphatic heterocycles. The number of carbonyl (C=O) groups is 1. The first-order valence-corrected chi connectivity index (χ1v) is 9.23. The molecule has 132 valence electrons. The third-order valence-corrected chi connectivity index (χ3v) is 5.40. The Kier molecular flexibility index (Phi) is 7.01. The first kappa shape index (κ1) is 19.5. The molecule has 0 saturated carbocycles. The van der Waals surface area contributed by atoms with Crippen molar-refractivity contribution in [2.45, 2.75) is 19.8 Å². The number of nitrogens with zero attached hydrogens (tertiary/aromatic N) is 1. The predicted molar refractivity (Wildman–Crippen MR) is 107 cm³/mol. The van der Waals surface area contributed by atoms with Crippen molar-refractivity contribution in [3.63, 3.8) is 0 Å². The SMILES string of the molecule is CCCC(=O)Nc1ccc(N=Cc2c(O)c(OC)cc(Br)c2Br)cc1. The van der Waals surface area contributed by atoms with Crippen LogP contribution in [0.3, 0.4) is 0 Å². The molecule has 0 radical (unpaired) electrons. The van der Waals surface area contributed by atoms with Crippen LogP contribution in [0.5, 0.6) is 11.5 Å². The fraction of sp³-hybridized carbons (Fsp3) is 0.222. The van der Waals surface area contributed by atoms with Crippen molar-refractivity contribution in [3.8, 4) is 11.5 Å². The van der Waals surface area contributed by atoms with E-state index in [1.807, 2.05) is 6.92 Å². The van der Waals surface area contributed by atoms with Crippen molar-refractivity contribution in [2.24, 2.45) is 4.99 Å². The highest BCUT2D eigenvalue weighted by Gasteiger charge is 2.14. The van der Waals surface area contributed by atoms with Crippen LogP contribution in [0.4, 0.5) is 11.4 Å². The van der Waals surface area contributed by atoms with Crippen LogP contribution in [-0.4, -0.2) is 24.3 Å². The summed E-state index contributed by atoms with van der Waals surface area (Å²) in [7, 11) is 1.49. The number of carbonyl (C=O) groups excluding carboxylic acids is 1. The van der Waals surface area contributed by atoms with Gasteiger partial charge in [-0.3, -0.25) is 9.79 Å². The van der Waals surface area contributed by atoms with Crippen LogP contribution in [0.2, 0.25) is 0 Å². The highest BCUT2D eigenvalue weighted by molar-refractivity contribution is 9.13. The Morgan fingerprint density at radius 2 is 2.00 bits per heavy atom. The fourth-order valence-corrected chi connectivity index (χ4v) is 2.93. The molecular formula is C18H18Br2N2O3. The first-order chi connectivity index (χ1) is 12.0. The molecule has 1 amide bonds. The molecule has 0 spiro atoms. The van der Waals surface area contributed by atoms with Gasteiger partial charge in [-0.25, -0.2) is 0 Å². The minimum Gasteiger partial charge on any atom is -0.504 e. The lowest BCUT2D eigenvalue weighted by atomic mass is 10.2. The number of ether oxygens (including phenoxy) is 1. The van der Waals surface area contributed by atoms with Gasteiger partial charge in [-0.1, -0.05) is 6.92 Å². The van der Waals surface area contributed by atoms with Gasteiger partial charge in [0.2, 0.25) is 5.91 Å². The number of nitrogens with one attached hydrogen (secondary N) is 1. The number of phenols is 1. The van der Waals surface area contributed by atoms with Crippen molar-refractivity contribution in [2.75, 3.05) is 12.4 Å². The predicted octanol–water partition coefficient (Wildman–Crippen LogP) is 5.42. The number of anilines is 1. The van der Waals surface area contributed by atoms with Crippen LogP contribution in [0, 0.1) is 0 Å². The molecule has 0 heterocycles. The Morgan fingerprint density at radius 3 is 2.60 bits per heavy atom. The summed E-state index contributed by atoms with van der Waals surface area (Å²) in [6.45, 7) is 1.96. The molecule has 25 heavy (non-hydrogen) atoms. The number of halogens is 2. The van der Waals surface area contributed by atoms with Gasteiger partial charge in [0.15, 0.2) is 11.5 Å². The normalized spacial score (nSPS) is 10.9. The Balaban J connectivity index is 2.20. The molecule has 2 N–H and O–H groups in total. The van der Waals surface area contributed by atoms with E-state index < -0.39 is 0 Å². The molecule has 0 fully saturated rings. The van der Waals surface area contributed by atoms with Crippen LogP contribution in [0.25, 0.3) is 0 Å². The molecule has 7 heteroatoms. The molecule has 0 saturated heterocycles. The number of amides is 1. The quantitative estimate of drug-likeness (QED) is 0.555. The van der Waals surface area contributed by atoms with Gasteiger partial charge in [0.25, 0.3) is 0 Å². The van der Waals surface area contributed by atoms with E-state index in [0.717, 1.165) is 16.6 Å². The minimum atomic E-state index is -0.00571. The molecule has 0 aliphatic carbocycles. The molecule has 2 rings (SSSR count). The molecule has 5 nitrogen and oxygen atoms in total. The van der Waals surface area contributed by atoms with Gasteiger partial charge in [0.1, 0.15) is 0 Å². The summed E-state index contributed by atoms with van der Waals surface area (Å²) in [5.41, 5.74) is 1.93. The zero-order valence-electron chi connectivity index (χ0n) is 13.8. The summed E-state index contributed by atoms with van der Waals surface area (Å²) in [6.07, 6.45) is 2.86. The van der Waals surface area contributed by atoms with Crippen molar-refractivity contribution in [1.82, 2.24) is 0 Å². The molecule has 0 bridgehead atoms. The van der Waals surface area contributed by atoms with Gasteiger partial charge < -0.3 is 15.2 Å². The van der Waals surface area contributed by atoms with Crippen molar-refractivity contribution >= 4 is 55.4 Å². The van der Waals surface area contributed by atoms with Crippen LogP contribution in [0.15, 0.2) is 44.3 Å². The van der Waals surface area contributed by atoms with E-state index in [1.165, 1.54) is 7.11 Å². The maximum atomic E-state index is 11.6. The second-order valence-corrected chi connectivity index (χ2v) is 6.89. The lowest BCUT2D eigenvalue weighted by Crippen LogP contribution is -2.10. The van der Waals surface area contributed by atoms with E-state index in [9.17, 15) is 9.90 Å². The second-order valence-electron chi connectivity index (χ2n) is 5.24. The molecule has 0 unspecified atom stereocenters. The highest BCUT2D eigenvalue weighted by Crippen LogP contribution is 2.39. The summed E-state index contributed by atoms with van der Waals surface area (Å²) in [5.74, 6) is 0.351. The van der Waals surface area contributed by atoms with Gasteiger partial charge in [0.05, 0.1) is 18.4 Å². The number of aromatic hydroxyl groups is 1. The average Bonchev–Trinajstić information content (AvgIpc) is 2.59. The van der Waals surface area contributed by atoms with Gasteiger partial charge in [-0.15, -0.1) is 0 Å². The Hall–Kier alpha value is -1.86. The standard InChI is InChI=1S/C18H18Br2N2O3/c1-3-4-16(23)22-12-7-5-11(6-8-12)21-10-13-17(20)14(19)9-15(25-2)18(13)24/h5-10,24H,3-4H2,1-2H3,(H,22,23). The maximum absolute atomic E-state index is 11.6. The number of methoxy groups -OCH3 is 1. The lowest BCUT2D eigenvalue weighted by molar-refractivity contribution is -0.116. The number of benzene rings is 2. The first-order valence-electron chi connectivity index (χ1n) is 7.65. The number of phenolic OH excluding ortho intramolecular Hbond substituents is 1. The largest absolute Gasteiger partial charge is 0.504 e. The fourth-order valence-electron chi connectivity index (χ4n) is 2.11. The van der Waals surface area contributed by atoms with E-state index in [1.54, 1.807) is 36.5 Å². The van der Waals surface area contributed by atoms with Crippen LogP contribution >= 0.6 is 31.9 Å². The van der Waals surface area contributed by atoms with Crippen molar-refractivity contribution in [3.05, 3.63) is 44.8 Å². The smallest absolute Gasteiger partial charge is 0.224 e. The number of rotatable bonds is 6. The van der Waals surface area contributed by atoms with Gasteiger partial charge in [-0.05, 0) is 68.6 Å². The van der Waals surface area contributed by atoms with E-state index >= 15 is 0 Å². The Labute approximate surface area is 163 Å². The minimum absolute atomic E-state index is 0.00442. The zero-order chi connectivity index (χ0) is 18.4. The van der Waals surface area contributed by atoms with E-state index in [2.05, 4.69) is 42.2 Å². The molecular weight excluding hydrogens is 452 g/mol. The molecule has 2 aromatic rings. The van der Waals surface area contributed by atoms with Gasteiger partial charge in [-0.2, -0.15) is 0 Å². The Bertz CT molecular complexity index is 790. The maximum Gasteiger partial charge on any atom is 0.224 e. The summed E-state index contributed by atoms with van der Waals surface area (Å²) in [6, 6.07) is 8.83. The van der Waals surface area contributed by atoms with Crippen molar-refractivity contribution < 1.29 is 14.6 Å². The number of hydrogen-bond donors (Lipinski definition) is 2. The van der Waals surface area contributed by atoms with Crippen LogP contribution < -0.4 is 10.1 Å². The van der Waals surface area contributed by atoms with Crippen LogP contribution in [0.1, 0.15) is 25.3 Å². The summed E-state index contributed by atoms with van der Waals surface area (Å²) in [4.78, 5) is 16.0. The summed E-state index contributed by atoms with van der Waals surface area (Å²) in [5, 5.41) is 13.1. The lowest BCUT2D eigenvalue weighted by Gasteiger charge is -2.09. The average molecular weight is 470 g/mol. The third kappa shape index (κ3) is 5.06. The monoisotopic (exact) mass is 468 g/mol. The van der Waals surface area contributed by atoms with Gasteiger partial charge >= 0.3 is 0 Å². The zero-order valence-corrected chi connectivity index (χ0v) is 17.0. The topological polar surface area (TPSA) is 70.9 Å².